The number of hydrogen-bond donors (Lipinski definition) is 1. The van der Waals surface area contributed by atoms with Crippen LogP contribution in [-0.2, 0) is 28.6 Å². The summed E-state index contributed by atoms with van der Waals surface area (Å²) in [6.45, 7) is 4.48. The molecule has 0 aliphatic rings. The number of hydrogen-bond acceptors (Lipinski definition) is 6. The first-order chi connectivity index (χ1) is 27.6. The molecule has 0 spiro atoms. The highest BCUT2D eigenvalue weighted by Gasteiger charge is 2.31. The lowest BCUT2D eigenvalue weighted by molar-refractivity contribution is -0.887. The van der Waals surface area contributed by atoms with Crippen LogP contribution in [0.1, 0.15) is 142 Å². The number of rotatable bonds is 37. The van der Waals surface area contributed by atoms with E-state index in [1.165, 1.54) is 44.9 Å². The number of ether oxygens (including phenoxy) is 3. The zero-order valence-electron chi connectivity index (χ0n) is 36.5. The summed E-state index contributed by atoms with van der Waals surface area (Å²) in [7, 11) is 5.49. The molecule has 2 unspecified atom stereocenters. The monoisotopic (exact) mass is 795 g/mol. The first-order valence-electron chi connectivity index (χ1n) is 21.9. The third kappa shape index (κ3) is 37.6. The van der Waals surface area contributed by atoms with E-state index in [1.807, 2.05) is 81.9 Å². The minimum atomic E-state index is -0.891. The summed E-state index contributed by atoms with van der Waals surface area (Å²) in [5, 5.41) is 9.62. The van der Waals surface area contributed by atoms with Gasteiger partial charge in [-0.2, -0.15) is 0 Å². The topological polar surface area (TPSA) is 99.1 Å². The standard InChI is InChI=1S/C49H79NO7/c1-6-8-10-12-14-16-18-20-22-24-26-28-30-32-34-36-38-40-48(52)57-45(43-55-42-41-46(49(53)54)50(3,4)5)44-56-47(51)39-37-35-33-31-29-27-25-23-21-19-17-15-13-11-9-7-2/h8,10,12,14,16,18,20,22-30,45-46H,6-7,9,11,13,15,17,19,21,31-44H2,1-5H3/p+1/b10-8+,14-12+,18-16+,22-20+,25-23+,26-24+,29-27+,30-28+. The molecular formula is C49H80NO7+. The number of allylic oxidation sites excluding steroid dienone is 16. The molecule has 0 aliphatic heterocycles. The second-order valence-corrected chi connectivity index (χ2v) is 15.4. The van der Waals surface area contributed by atoms with E-state index in [2.05, 4.69) is 50.3 Å². The smallest absolute Gasteiger partial charge is 0.362 e. The zero-order valence-corrected chi connectivity index (χ0v) is 36.5. The van der Waals surface area contributed by atoms with E-state index in [-0.39, 0.29) is 42.7 Å². The van der Waals surface area contributed by atoms with Gasteiger partial charge in [0.25, 0.3) is 0 Å². The van der Waals surface area contributed by atoms with E-state index in [4.69, 9.17) is 14.2 Å². The van der Waals surface area contributed by atoms with Gasteiger partial charge >= 0.3 is 17.9 Å². The van der Waals surface area contributed by atoms with E-state index in [0.29, 0.717) is 19.3 Å². The lowest BCUT2D eigenvalue weighted by atomic mass is 10.1. The van der Waals surface area contributed by atoms with Crippen LogP contribution in [0.4, 0.5) is 0 Å². The number of quaternary nitrogens is 1. The van der Waals surface area contributed by atoms with Gasteiger partial charge in [-0.15, -0.1) is 0 Å². The average molecular weight is 795 g/mol. The van der Waals surface area contributed by atoms with Gasteiger partial charge in [0.15, 0.2) is 12.1 Å². The highest BCUT2D eigenvalue weighted by atomic mass is 16.6. The van der Waals surface area contributed by atoms with Crippen molar-refractivity contribution in [3.63, 3.8) is 0 Å². The van der Waals surface area contributed by atoms with Gasteiger partial charge in [0.2, 0.25) is 0 Å². The van der Waals surface area contributed by atoms with Gasteiger partial charge in [0, 0.05) is 19.3 Å². The number of esters is 2. The molecule has 8 heteroatoms. The maximum Gasteiger partial charge on any atom is 0.362 e. The van der Waals surface area contributed by atoms with Crippen LogP contribution in [0.15, 0.2) is 97.2 Å². The molecule has 0 radical (unpaired) electrons. The Bertz CT molecular complexity index is 1250. The molecule has 0 bridgehead atoms. The molecule has 0 aliphatic carbocycles. The molecule has 0 saturated heterocycles. The van der Waals surface area contributed by atoms with Crippen molar-refractivity contribution in [3.05, 3.63) is 97.2 Å². The third-order valence-corrected chi connectivity index (χ3v) is 9.16. The van der Waals surface area contributed by atoms with Crippen LogP contribution < -0.4 is 0 Å². The van der Waals surface area contributed by atoms with Gasteiger partial charge in [-0.05, 0) is 57.8 Å². The molecule has 0 aromatic rings. The molecule has 0 heterocycles. The first kappa shape index (κ1) is 53.2. The Labute approximate surface area is 347 Å². The molecule has 0 amide bonds. The fourth-order valence-electron chi connectivity index (χ4n) is 5.76. The molecule has 0 aromatic heterocycles. The summed E-state index contributed by atoms with van der Waals surface area (Å²) in [6, 6.07) is -0.633. The SMILES string of the molecule is CC/C=C/C=C/C=C/C=C/C=C/C=C/CCCCCC(=O)OC(COCCC(C(=O)O)[N+](C)(C)C)COC(=O)CCCCC/C=C/C=C/CCCCCCCCC. The molecule has 0 saturated carbocycles. The Hall–Kier alpha value is -3.75. The first-order valence-corrected chi connectivity index (χ1v) is 21.9. The van der Waals surface area contributed by atoms with Gasteiger partial charge in [-0.1, -0.05) is 162 Å². The molecule has 322 valence electrons. The van der Waals surface area contributed by atoms with Crippen molar-refractivity contribution in [2.45, 2.75) is 154 Å². The summed E-state index contributed by atoms with van der Waals surface area (Å²) < 4.78 is 17.2. The number of carbonyl (C=O) groups is 3. The number of unbranched alkanes of at least 4 members (excludes halogenated alkanes) is 13. The van der Waals surface area contributed by atoms with Crippen molar-refractivity contribution in [2.24, 2.45) is 0 Å². The van der Waals surface area contributed by atoms with Gasteiger partial charge in [0.1, 0.15) is 6.61 Å². The highest BCUT2D eigenvalue weighted by molar-refractivity contribution is 5.72. The van der Waals surface area contributed by atoms with Crippen molar-refractivity contribution < 1.29 is 38.2 Å². The predicted octanol–water partition coefficient (Wildman–Crippen LogP) is 11.9. The van der Waals surface area contributed by atoms with Crippen LogP contribution in [0, 0.1) is 0 Å². The number of carbonyl (C=O) groups excluding carboxylic acids is 2. The molecule has 57 heavy (non-hydrogen) atoms. The Morgan fingerprint density at radius 1 is 0.544 bits per heavy atom. The lowest BCUT2D eigenvalue weighted by Gasteiger charge is -2.31. The average Bonchev–Trinajstić information content (AvgIpc) is 3.17. The number of carboxylic acids is 1. The maximum atomic E-state index is 12.7. The van der Waals surface area contributed by atoms with Crippen molar-refractivity contribution in [1.82, 2.24) is 0 Å². The number of likely N-dealkylation sites (N-methyl/N-ethyl adjacent to an activating group) is 1. The molecule has 2 atom stereocenters. The fourth-order valence-corrected chi connectivity index (χ4v) is 5.76. The van der Waals surface area contributed by atoms with Crippen molar-refractivity contribution in [1.29, 1.82) is 0 Å². The zero-order chi connectivity index (χ0) is 42.1. The maximum absolute atomic E-state index is 12.7. The van der Waals surface area contributed by atoms with Gasteiger partial charge < -0.3 is 23.8 Å². The fraction of sp³-hybridized carbons (Fsp3) is 0.612. The van der Waals surface area contributed by atoms with Crippen LogP contribution >= 0.6 is 0 Å². The van der Waals surface area contributed by atoms with E-state index in [0.717, 1.165) is 57.8 Å². The van der Waals surface area contributed by atoms with Crippen LogP contribution in [0.25, 0.3) is 0 Å². The molecule has 1 N–H and O–H groups in total. The number of aliphatic carboxylic acids is 1. The van der Waals surface area contributed by atoms with Crippen molar-refractivity contribution in [2.75, 3.05) is 41.0 Å². The second-order valence-electron chi connectivity index (χ2n) is 15.4. The largest absolute Gasteiger partial charge is 0.477 e. The predicted molar refractivity (Wildman–Crippen MR) is 238 cm³/mol. The summed E-state index contributed by atoms with van der Waals surface area (Å²) in [5.41, 5.74) is 0. The van der Waals surface area contributed by atoms with E-state index in [1.54, 1.807) is 0 Å². The van der Waals surface area contributed by atoms with Crippen LogP contribution in [0.5, 0.6) is 0 Å². The Balaban J connectivity index is 4.53. The molecular weight excluding hydrogens is 715 g/mol. The molecule has 0 aromatic carbocycles. The van der Waals surface area contributed by atoms with E-state index >= 15 is 0 Å². The Morgan fingerprint density at radius 3 is 1.47 bits per heavy atom. The Kier molecular flexibility index (Phi) is 36.5. The third-order valence-electron chi connectivity index (χ3n) is 9.16. The Morgan fingerprint density at radius 2 is 0.982 bits per heavy atom. The minimum absolute atomic E-state index is 0.0276. The van der Waals surface area contributed by atoms with Crippen LogP contribution in [0.3, 0.4) is 0 Å². The van der Waals surface area contributed by atoms with Crippen molar-refractivity contribution >= 4 is 17.9 Å². The lowest BCUT2D eigenvalue weighted by Crippen LogP contribution is -2.50. The second kappa shape index (κ2) is 39.1. The van der Waals surface area contributed by atoms with E-state index in [9.17, 15) is 19.5 Å². The van der Waals surface area contributed by atoms with Gasteiger partial charge in [-0.3, -0.25) is 9.59 Å². The van der Waals surface area contributed by atoms with Crippen molar-refractivity contribution in [3.8, 4) is 0 Å². The van der Waals surface area contributed by atoms with Crippen LogP contribution in [-0.4, -0.2) is 80.6 Å². The number of carboxylic acid groups (broad SMARTS) is 1. The normalized spacial score (nSPS) is 13.9. The quantitative estimate of drug-likeness (QED) is 0.0289. The van der Waals surface area contributed by atoms with Crippen LogP contribution in [0.2, 0.25) is 0 Å². The van der Waals surface area contributed by atoms with Gasteiger partial charge in [-0.25, -0.2) is 4.79 Å². The van der Waals surface area contributed by atoms with E-state index < -0.39 is 18.1 Å². The molecule has 0 fully saturated rings. The minimum Gasteiger partial charge on any atom is -0.477 e. The summed E-state index contributed by atoms with van der Waals surface area (Å²) >= 11 is 0. The summed E-state index contributed by atoms with van der Waals surface area (Å²) in [4.78, 5) is 37.0. The van der Waals surface area contributed by atoms with Gasteiger partial charge in [0.05, 0.1) is 34.4 Å². The summed E-state index contributed by atoms with van der Waals surface area (Å²) in [6.07, 6.45) is 51.6. The number of nitrogens with zero attached hydrogens (tertiary/aromatic N) is 1. The molecule has 0 rings (SSSR count). The summed E-state index contributed by atoms with van der Waals surface area (Å²) in [5.74, 6) is -1.57. The highest BCUT2D eigenvalue weighted by Crippen LogP contribution is 2.12. The molecule has 8 nitrogen and oxygen atoms in total.